The summed E-state index contributed by atoms with van der Waals surface area (Å²) < 4.78 is 12.0. The maximum atomic E-state index is 12.0. The molecule has 1 unspecified atom stereocenters. The summed E-state index contributed by atoms with van der Waals surface area (Å²) in [5.41, 5.74) is 7.12. The Labute approximate surface area is 104 Å². The highest BCUT2D eigenvalue weighted by atomic mass is 32.2. The van der Waals surface area contributed by atoms with Gasteiger partial charge in [-0.1, -0.05) is 13.0 Å². The fourth-order valence-electron chi connectivity index (χ4n) is 1.39. The fraction of sp³-hybridized carbons (Fsp3) is 0.417. The molecule has 0 heterocycles. The normalized spacial score (nSPS) is 12.1. The van der Waals surface area contributed by atoms with Crippen LogP contribution in [0.4, 0.5) is 5.69 Å². The molecule has 0 spiro atoms. The maximum Gasteiger partial charge on any atom is 0.232 e. The largest absolute Gasteiger partial charge is 0.398 e. The van der Waals surface area contributed by atoms with Gasteiger partial charge in [-0.05, 0) is 31.0 Å². The summed E-state index contributed by atoms with van der Waals surface area (Å²) in [4.78, 5) is 12.1. The summed E-state index contributed by atoms with van der Waals surface area (Å²) in [6.45, 7) is 4.40. The Morgan fingerprint density at radius 3 is 2.82 bits per heavy atom. The number of nitrogens with one attached hydrogen (secondary N) is 1. The Morgan fingerprint density at radius 2 is 2.18 bits per heavy atom. The predicted molar refractivity (Wildman–Crippen MR) is 70.2 cm³/mol. The van der Waals surface area contributed by atoms with Crippen molar-refractivity contribution in [2.24, 2.45) is 0 Å². The first-order valence-corrected chi connectivity index (χ1v) is 6.88. The van der Waals surface area contributed by atoms with E-state index in [0.717, 1.165) is 12.0 Å². The molecular formula is C12H18N2O2S. The zero-order valence-electron chi connectivity index (χ0n) is 10.2. The van der Waals surface area contributed by atoms with E-state index in [1.54, 1.807) is 18.2 Å². The number of nitrogens with two attached hydrogens (primary N) is 1. The summed E-state index contributed by atoms with van der Waals surface area (Å²) in [5, 5.41) is 2.70. The number of rotatable bonds is 5. The van der Waals surface area contributed by atoms with Gasteiger partial charge in [0.05, 0.1) is 10.8 Å². The number of hydrogen-bond donors (Lipinski definition) is 2. The Hall–Kier alpha value is -1.36. The van der Waals surface area contributed by atoms with E-state index < -0.39 is 10.8 Å². The lowest BCUT2D eigenvalue weighted by Crippen LogP contribution is -2.29. The van der Waals surface area contributed by atoms with Crippen LogP contribution in [0.15, 0.2) is 23.1 Å². The van der Waals surface area contributed by atoms with Gasteiger partial charge in [0, 0.05) is 17.1 Å². The van der Waals surface area contributed by atoms with Crippen molar-refractivity contribution in [3.8, 4) is 0 Å². The maximum absolute atomic E-state index is 12.0. The third kappa shape index (κ3) is 3.85. The molecule has 17 heavy (non-hydrogen) atoms. The number of carbonyl (C=O) groups excluding carboxylic acids is 1. The van der Waals surface area contributed by atoms with Gasteiger partial charge in [-0.3, -0.25) is 9.00 Å². The monoisotopic (exact) mass is 254 g/mol. The molecule has 1 rings (SSSR count). The minimum absolute atomic E-state index is 0.00963. The zero-order chi connectivity index (χ0) is 12.8. The highest BCUT2D eigenvalue weighted by Gasteiger charge is 2.12. The zero-order valence-corrected chi connectivity index (χ0v) is 11.0. The molecule has 3 N–H and O–H groups in total. The van der Waals surface area contributed by atoms with Crippen LogP contribution in [0.2, 0.25) is 0 Å². The van der Waals surface area contributed by atoms with Gasteiger partial charge in [0.15, 0.2) is 0 Å². The topological polar surface area (TPSA) is 72.2 Å². The van der Waals surface area contributed by atoms with Crippen molar-refractivity contribution in [2.75, 3.05) is 18.0 Å². The van der Waals surface area contributed by atoms with Crippen LogP contribution in [0.3, 0.4) is 0 Å². The van der Waals surface area contributed by atoms with Crippen LogP contribution in [-0.4, -0.2) is 22.4 Å². The third-order valence-corrected chi connectivity index (χ3v) is 3.86. The molecule has 0 fully saturated rings. The quantitative estimate of drug-likeness (QED) is 0.776. The van der Waals surface area contributed by atoms with E-state index in [1.165, 1.54) is 0 Å². The van der Waals surface area contributed by atoms with Crippen LogP contribution in [0.5, 0.6) is 0 Å². The highest BCUT2D eigenvalue weighted by molar-refractivity contribution is 7.85. The second-order valence-electron chi connectivity index (χ2n) is 3.81. The molecule has 0 saturated carbocycles. The van der Waals surface area contributed by atoms with E-state index in [9.17, 15) is 9.00 Å². The van der Waals surface area contributed by atoms with Gasteiger partial charge in [-0.15, -0.1) is 0 Å². The van der Waals surface area contributed by atoms with Gasteiger partial charge >= 0.3 is 0 Å². The number of benzene rings is 1. The van der Waals surface area contributed by atoms with Gasteiger partial charge in [-0.2, -0.15) is 0 Å². The number of carbonyl (C=O) groups is 1. The van der Waals surface area contributed by atoms with Gasteiger partial charge < -0.3 is 11.1 Å². The minimum Gasteiger partial charge on any atom is -0.398 e. The highest BCUT2D eigenvalue weighted by Crippen LogP contribution is 2.18. The molecule has 0 aliphatic carbocycles. The summed E-state index contributed by atoms with van der Waals surface area (Å²) in [6.07, 6.45) is 0.871. The Kier molecular flexibility index (Phi) is 5.15. The van der Waals surface area contributed by atoms with Crippen LogP contribution in [-0.2, 0) is 15.6 Å². The summed E-state index contributed by atoms with van der Waals surface area (Å²) in [5.74, 6) is -0.198. The lowest BCUT2D eigenvalue weighted by Gasteiger charge is -2.08. The van der Waals surface area contributed by atoms with Crippen molar-refractivity contribution in [2.45, 2.75) is 25.2 Å². The molecule has 0 aromatic heterocycles. The standard InChI is InChI=1S/C12H18N2O2S/c1-3-7-14-12(15)8-17(16)11-6-4-5-10(13)9(11)2/h4-6H,3,7-8,13H2,1-2H3,(H,14,15). The molecule has 1 aromatic rings. The van der Waals surface area contributed by atoms with Crippen LogP contribution in [0.1, 0.15) is 18.9 Å². The second-order valence-corrected chi connectivity index (χ2v) is 5.23. The molecule has 0 bridgehead atoms. The van der Waals surface area contributed by atoms with Crippen LogP contribution >= 0.6 is 0 Å². The third-order valence-electron chi connectivity index (χ3n) is 2.41. The molecule has 4 nitrogen and oxygen atoms in total. The van der Waals surface area contributed by atoms with Crippen molar-refractivity contribution < 1.29 is 9.00 Å². The molecule has 0 radical (unpaired) electrons. The molecule has 0 saturated heterocycles. The molecule has 1 aromatic carbocycles. The summed E-state index contributed by atoms with van der Waals surface area (Å²) in [7, 11) is -1.33. The number of nitrogen functional groups attached to an aromatic ring is 1. The number of anilines is 1. The van der Waals surface area contributed by atoms with Crippen LogP contribution in [0.25, 0.3) is 0 Å². The summed E-state index contributed by atoms with van der Waals surface area (Å²) >= 11 is 0. The number of hydrogen-bond acceptors (Lipinski definition) is 3. The van der Waals surface area contributed by atoms with E-state index in [1.807, 2.05) is 13.8 Å². The molecule has 94 valence electrons. The van der Waals surface area contributed by atoms with Crippen LogP contribution in [0, 0.1) is 6.92 Å². The van der Waals surface area contributed by atoms with E-state index in [4.69, 9.17) is 5.73 Å². The smallest absolute Gasteiger partial charge is 0.232 e. The van der Waals surface area contributed by atoms with E-state index >= 15 is 0 Å². The van der Waals surface area contributed by atoms with Gasteiger partial charge in [0.2, 0.25) is 5.91 Å². The lowest BCUT2D eigenvalue weighted by atomic mass is 10.2. The first-order valence-electron chi connectivity index (χ1n) is 5.56. The second kappa shape index (κ2) is 6.39. The van der Waals surface area contributed by atoms with Crippen molar-refractivity contribution in [3.05, 3.63) is 23.8 Å². The first-order chi connectivity index (χ1) is 8.06. The Balaban J connectivity index is 2.70. The van der Waals surface area contributed by atoms with E-state index in [-0.39, 0.29) is 11.7 Å². The van der Waals surface area contributed by atoms with Crippen molar-refractivity contribution in [1.82, 2.24) is 5.32 Å². The Bertz CT molecular complexity index is 433. The van der Waals surface area contributed by atoms with Gasteiger partial charge in [0.25, 0.3) is 0 Å². The van der Waals surface area contributed by atoms with Crippen molar-refractivity contribution >= 4 is 22.4 Å². The fourth-order valence-corrected chi connectivity index (χ4v) is 2.58. The number of amides is 1. The lowest BCUT2D eigenvalue weighted by molar-refractivity contribution is -0.118. The predicted octanol–water partition coefficient (Wildman–Crippen LogP) is 1.21. The molecule has 0 aliphatic rings. The first kappa shape index (κ1) is 13.7. The summed E-state index contributed by atoms with van der Waals surface area (Å²) in [6, 6.07) is 5.25. The van der Waals surface area contributed by atoms with E-state index in [2.05, 4.69) is 5.32 Å². The van der Waals surface area contributed by atoms with Gasteiger partial charge in [-0.25, -0.2) is 0 Å². The van der Waals surface area contributed by atoms with Crippen molar-refractivity contribution in [1.29, 1.82) is 0 Å². The SMILES string of the molecule is CCCNC(=O)CS(=O)c1cccc(N)c1C. The minimum atomic E-state index is -1.33. The van der Waals surface area contributed by atoms with Crippen LogP contribution < -0.4 is 11.1 Å². The average molecular weight is 254 g/mol. The van der Waals surface area contributed by atoms with Crippen molar-refractivity contribution in [3.63, 3.8) is 0 Å². The van der Waals surface area contributed by atoms with Gasteiger partial charge in [0.1, 0.15) is 5.75 Å². The van der Waals surface area contributed by atoms with E-state index in [0.29, 0.717) is 17.1 Å². The molecule has 0 aliphatic heterocycles. The average Bonchev–Trinajstić information content (AvgIpc) is 2.29. The molecular weight excluding hydrogens is 236 g/mol. The Morgan fingerprint density at radius 1 is 1.47 bits per heavy atom. The molecule has 1 atom stereocenters. The molecule has 1 amide bonds. The molecule has 5 heteroatoms.